The summed E-state index contributed by atoms with van der Waals surface area (Å²) in [5.74, 6) is -0.280. The molecule has 162 valence electrons. The molecule has 0 aliphatic rings. The number of rotatable bonds is 8. The van der Waals surface area contributed by atoms with Gasteiger partial charge in [0.25, 0.3) is 5.97 Å². The van der Waals surface area contributed by atoms with Gasteiger partial charge in [0, 0.05) is 37.5 Å². The van der Waals surface area contributed by atoms with Crippen LogP contribution in [-0.4, -0.2) is 43.3 Å². The molecule has 1 aromatic heterocycles. The van der Waals surface area contributed by atoms with Crippen molar-refractivity contribution in [2.75, 3.05) is 6.61 Å². The van der Waals surface area contributed by atoms with Gasteiger partial charge in [-0.25, -0.2) is 0 Å². The van der Waals surface area contributed by atoms with E-state index in [1.807, 2.05) is 0 Å². The fourth-order valence-corrected chi connectivity index (χ4v) is 2.84. The highest BCUT2D eigenvalue weighted by Gasteiger charge is 2.19. The summed E-state index contributed by atoms with van der Waals surface area (Å²) in [6, 6.07) is 7.84. The van der Waals surface area contributed by atoms with Crippen LogP contribution >= 0.6 is 0 Å². The quantitative estimate of drug-likeness (QED) is 0.180. The maximum Gasteiger partial charge on any atom is 0.340 e. The van der Waals surface area contributed by atoms with Crippen LogP contribution in [0.25, 0.3) is 0 Å². The lowest BCUT2D eigenvalue weighted by molar-refractivity contribution is -0.134. The van der Waals surface area contributed by atoms with E-state index < -0.39 is 16.1 Å². The fourth-order valence-electron chi connectivity index (χ4n) is 1.89. The summed E-state index contributed by atoms with van der Waals surface area (Å²) in [6.45, 7) is 3.10. The average Bonchev–Trinajstić information content (AvgIpc) is 2.67. The maximum absolute atomic E-state index is 12.3. The van der Waals surface area contributed by atoms with E-state index in [0.29, 0.717) is 24.3 Å². The highest BCUT2D eigenvalue weighted by Crippen LogP contribution is 2.29. The van der Waals surface area contributed by atoms with Gasteiger partial charge in [-0.3, -0.25) is 9.78 Å². The predicted octanol–water partition coefficient (Wildman–Crippen LogP) is 1.28. The van der Waals surface area contributed by atoms with Crippen LogP contribution in [0.15, 0.2) is 57.8 Å². The highest BCUT2D eigenvalue weighted by atomic mass is 32.2. The first-order valence-corrected chi connectivity index (χ1v) is 9.91. The van der Waals surface area contributed by atoms with Crippen molar-refractivity contribution in [1.82, 2.24) is 4.98 Å². The third-order valence-electron chi connectivity index (χ3n) is 3.12. The summed E-state index contributed by atoms with van der Waals surface area (Å²) in [5, 5.41) is 14.5. The summed E-state index contributed by atoms with van der Waals surface area (Å²) < 4.78 is 35.4. The molecule has 2 aromatic rings. The Morgan fingerprint density at radius 3 is 2.50 bits per heavy atom. The van der Waals surface area contributed by atoms with Crippen LogP contribution in [0.4, 0.5) is 0 Å². The molecule has 0 aliphatic heterocycles. The zero-order chi connectivity index (χ0) is 22.6. The van der Waals surface area contributed by atoms with Crippen LogP contribution in [0.3, 0.4) is 0 Å². The lowest BCUT2D eigenvalue weighted by Gasteiger charge is -2.13. The van der Waals surface area contributed by atoms with Crippen molar-refractivity contribution in [2.24, 2.45) is 21.7 Å². The molecular weight excluding hydrogens is 414 g/mol. The fraction of sp³-hybridized carbons (Fsp3) is 0.222. The Bertz CT molecular complexity index is 985. The van der Waals surface area contributed by atoms with Gasteiger partial charge in [0.2, 0.25) is 5.96 Å². The van der Waals surface area contributed by atoms with Crippen molar-refractivity contribution in [3.05, 3.63) is 48.3 Å². The summed E-state index contributed by atoms with van der Waals surface area (Å²) >= 11 is 0. The number of carbonyl (C=O) groups is 1. The second kappa shape index (κ2) is 12.0. The molecule has 30 heavy (non-hydrogen) atoms. The molecule has 0 bridgehead atoms. The van der Waals surface area contributed by atoms with E-state index in [1.165, 1.54) is 30.7 Å². The number of hydrogen-bond acceptors (Lipinski definition) is 8. The van der Waals surface area contributed by atoms with E-state index in [2.05, 4.69) is 15.2 Å². The van der Waals surface area contributed by atoms with E-state index >= 15 is 0 Å². The van der Waals surface area contributed by atoms with Crippen molar-refractivity contribution in [3.63, 3.8) is 0 Å². The summed E-state index contributed by atoms with van der Waals surface area (Å²) in [7, 11) is -3.97. The number of nitrogens with two attached hydrogens (primary N) is 2. The zero-order valence-corrected chi connectivity index (χ0v) is 17.2. The van der Waals surface area contributed by atoms with Crippen molar-refractivity contribution >= 4 is 28.3 Å². The van der Waals surface area contributed by atoms with E-state index in [1.54, 1.807) is 25.1 Å². The van der Waals surface area contributed by atoms with Gasteiger partial charge in [-0.2, -0.15) is 13.5 Å². The first-order valence-electron chi connectivity index (χ1n) is 8.50. The number of aromatic nitrogens is 1. The molecule has 0 radical (unpaired) electrons. The minimum atomic E-state index is -3.97. The molecular formula is C18H23N5O6S. The van der Waals surface area contributed by atoms with Crippen LogP contribution < -0.4 is 20.4 Å². The third-order valence-corrected chi connectivity index (χ3v) is 4.33. The Hall–Kier alpha value is -3.67. The number of carboxylic acid groups (broad SMARTS) is 1. The molecule has 0 unspecified atom stereocenters. The first kappa shape index (κ1) is 24.4. The minimum Gasteiger partial charge on any atom is -0.493 e. The summed E-state index contributed by atoms with van der Waals surface area (Å²) in [6.07, 6.45) is 4.67. The summed E-state index contributed by atoms with van der Waals surface area (Å²) in [5.41, 5.74) is 10.8. The predicted molar refractivity (Wildman–Crippen MR) is 111 cm³/mol. The Morgan fingerprint density at radius 2 is 1.90 bits per heavy atom. The van der Waals surface area contributed by atoms with Crippen molar-refractivity contribution < 1.29 is 27.2 Å². The molecule has 2 rings (SSSR count). The molecule has 0 saturated heterocycles. The summed E-state index contributed by atoms with van der Waals surface area (Å²) in [4.78, 5) is 12.8. The number of aliphatic carboxylic acids is 1. The van der Waals surface area contributed by atoms with E-state index in [0.717, 1.165) is 6.92 Å². The van der Waals surface area contributed by atoms with Crippen LogP contribution in [-0.2, 0) is 14.9 Å². The normalized spacial score (nSPS) is 10.6. The van der Waals surface area contributed by atoms with Gasteiger partial charge in [-0.05, 0) is 31.2 Å². The van der Waals surface area contributed by atoms with Crippen LogP contribution in [0, 0.1) is 6.92 Å². The van der Waals surface area contributed by atoms with Crippen LogP contribution in [0.5, 0.6) is 11.5 Å². The monoisotopic (exact) mass is 437 g/mol. The number of hydrogen-bond donors (Lipinski definition) is 3. The van der Waals surface area contributed by atoms with Crippen LogP contribution in [0.2, 0.25) is 0 Å². The number of ether oxygens (including phenoxy) is 1. The molecule has 0 saturated carbocycles. The van der Waals surface area contributed by atoms with Gasteiger partial charge in [-0.1, -0.05) is 6.07 Å². The molecule has 0 atom stereocenters. The number of carboxylic acids is 1. The zero-order valence-electron chi connectivity index (χ0n) is 16.4. The topological polar surface area (TPSA) is 180 Å². The SMILES string of the molecule is CC(=O)O.Cc1c(OCC/C=N\N=C(N)N)cccc1OS(=O)(=O)c1cccnc1. The molecule has 1 aromatic carbocycles. The van der Waals surface area contributed by atoms with Crippen molar-refractivity contribution in [1.29, 1.82) is 0 Å². The number of guanidine groups is 1. The Morgan fingerprint density at radius 1 is 1.23 bits per heavy atom. The highest BCUT2D eigenvalue weighted by molar-refractivity contribution is 7.87. The van der Waals surface area contributed by atoms with Crippen LogP contribution in [0.1, 0.15) is 18.9 Å². The number of pyridine rings is 1. The molecule has 11 nitrogen and oxygen atoms in total. The van der Waals surface area contributed by atoms with Gasteiger partial charge in [0.15, 0.2) is 0 Å². The number of benzene rings is 1. The smallest absolute Gasteiger partial charge is 0.340 e. The minimum absolute atomic E-state index is 0.0262. The van der Waals surface area contributed by atoms with E-state index in [4.69, 9.17) is 30.3 Å². The molecule has 0 aliphatic carbocycles. The average molecular weight is 437 g/mol. The van der Waals surface area contributed by atoms with Gasteiger partial charge in [0.1, 0.15) is 16.4 Å². The van der Waals surface area contributed by atoms with Crippen molar-refractivity contribution in [3.8, 4) is 11.5 Å². The number of nitrogens with zero attached hydrogens (tertiary/aromatic N) is 3. The molecule has 12 heteroatoms. The standard InChI is InChI=1S/C16H19N5O4S.C2H4O2/c1-12-14(24-10-4-9-20-21-16(17)18)6-2-7-15(12)25-26(22,23)13-5-3-8-19-11-13;1-2(3)4/h2-3,5-9,11H,4,10H2,1H3,(H4,17,18,21);1H3,(H,3,4)/b20-9-;. The Balaban J connectivity index is 0.00000103. The second-order valence-electron chi connectivity index (χ2n) is 5.58. The van der Waals surface area contributed by atoms with Gasteiger partial charge in [-0.15, -0.1) is 5.10 Å². The lowest BCUT2D eigenvalue weighted by atomic mass is 10.2. The van der Waals surface area contributed by atoms with E-state index in [-0.39, 0.29) is 16.6 Å². The third kappa shape index (κ3) is 9.01. The first-order chi connectivity index (χ1) is 14.1. The van der Waals surface area contributed by atoms with Gasteiger partial charge >= 0.3 is 10.1 Å². The Kier molecular flexibility index (Phi) is 9.76. The maximum atomic E-state index is 12.3. The largest absolute Gasteiger partial charge is 0.493 e. The Labute approximate surface area is 174 Å². The molecule has 0 amide bonds. The molecule has 0 spiro atoms. The van der Waals surface area contributed by atoms with Gasteiger partial charge in [0.05, 0.1) is 6.61 Å². The van der Waals surface area contributed by atoms with Gasteiger partial charge < -0.3 is 25.5 Å². The lowest BCUT2D eigenvalue weighted by Crippen LogP contribution is -2.21. The molecule has 5 N–H and O–H groups in total. The van der Waals surface area contributed by atoms with Crippen molar-refractivity contribution in [2.45, 2.75) is 25.2 Å². The molecule has 1 heterocycles. The molecule has 0 fully saturated rings. The van der Waals surface area contributed by atoms with E-state index in [9.17, 15) is 8.42 Å². The second-order valence-corrected chi connectivity index (χ2v) is 7.13.